The lowest BCUT2D eigenvalue weighted by molar-refractivity contribution is 0.236. The summed E-state index contributed by atoms with van der Waals surface area (Å²) in [5, 5.41) is 3.62. The Labute approximate surface area is 112 Å². The molecule has 1 saturated heterocycles. The van der Waals surface area contributed by atoms with Crippen molar-refractivity contribution in [1.82, 2.24) is 15.1 Å². The molecule has 3 heteroatoms. The monoisotopic (exact) mass is 249 g/mol. The van der Waals surface area contributed by atoms with Crippen LogP contribution in [-0.2, 0) is 0 Å². The summed E-state index contributed by atoms with van der Waals surface area (Å²) in [7, 11) is 0. The van der Waals surface area contributed by atoms with E-state index in [1.165, 1.54) is 0 Å². The van der Waals surface area contributed by atoms with E-state index in [0.717, 1.165) is 52.2 Å². The van der Waals surface area contributed by atoms with Crippen molar-refractivity contribution >= 4 is 0 Å². The van der Waals surface area contributed by atoms with Crippen LogP contribution in [-0.4, -0.2) is 61.7 Å². The van der Waals surface area contributed by atoms with Crippen LogP contribution < -0.4 is 5.32 Å². The summed E-state index contributed by atoms with van der Waals surface area (Å²) in [6.45, 7) is 18.8. The Hall–Kier alpha value is -0.900. The predicted molar refractivity (Wildman–Crippen MR) is 79.9 cm³/mol. The molecule has 0 aromatic rings. The largest absolute Gasteiger partial charge is 0.311 e. The maximum atomic E-state index is 3.85. The van der Waals surface area contributed by atoms with Gasteiger partial charge < -0.3 is 5.32 Å². The second-order valence-electron chi connectivity index (χ2n) is 4.81. The molecule has 3 nitrogen and oxygen atoms in total. The van der Waals surface area contributed by atoms with E-state index in [0.29, 0.717) is 6.04 Å². The van der Waals surface area contributed by atoms with Crippen LogP contribution in [0.4, 0.5) is 0 Å². The summed E-state index contributed by atoms with van der Waals surface area (Å²) in [6, 6.07) is 0.506. The van der Waals surface area contributed by atoms with Gasteiger partial charge in [-0.2, -0.15) is 0 Å². The third-order valence-electron chi connectivity index (χ3n) is 3.30. The van der Waals surface area contributed by atoms with Gasteiger partial charge in [0.05, 0.1) is 0 Å². The van der Waals surface area contributed by atoms with Crippen molar-refractivity contribution in [3.8, 4) is 0 Å². The van der Waals surface area contributed by atoms with Gasteiger partial charge in [0.15, 0.2) is 0 Å². The Morgan fingerprint density at radius 1 is 0.944 bits per heavy atom. The van der Waals surface area contributed by atoms with Crippen LogP contribution >= 0.6 is 0 Å². The van der Waals surface area contributed by atoms with Crippen LogP contribution in [0.1, 0.15) is 6.42 Å². The van der Waals surface area contributed by atoms with Gasteiger partial charge >= 0.3 is 0 Å². The molecule has 1 fully saturated rings. The highest BCUT2D eigenvalue weighted by atomic mass is 15.2. The van der Waals surface area contributed by atoms with Crippen molar-refractivity contribution in [3.05, 3.63) is 38.0 Å². The van der Waals surface area contributed by atoms with E-state index in [1.54, 1.807) is 0 Å². The number of nitrogens with one attached hydrogen (secondary N) is 1. The summed E-state index contributed by atoms with van der Waals surface area (Å²) in [4.78, 5) is 4.89. The molecule has 0 radical (unpaired) electrons. The average molecular weight is 249 g/mol. The van der Waals surface area contributed by atoms with Gasteiger partial charge in [-0.1, -0.05) is 18.2 Å². The molecule has 1 aliphatic rings. The van der Waals surface area contributed by atoms with Gasteiger partial charge in [-0.15, -0.1) is 19.7 Å². The smallest absolute Gasteiger partial charge is 0.0230 e. The normalized spacial score (nSPS) is 23.7. The van der Waals surface area contributed by atoms with E-state index in [2.05, 4.69) is 34.9 Å². The van der Waals surface area contributed by atoms with Gasteiger partial charge in [-0.25, -0.2) is 0 Å². The minimum Gasteiger partial charge on any atom is -0.311 e. The molecule has 1 atom stereocenters. The molecule has 1 heterocycles. The third-order valence-corrected chi connectivity index (χ3v) is 3.30. The van der Waals surface area contributed by atoms with Crippen molar-refractivity contribution in [3.63, 3.8) is 0 Å². The number of nitrogens with zero attached hydrogens (tertiary/aromatic N) is 2. The molecule has 0 aromatic heterocycles. The Morgan fingerprint density at radius 3 is 2.28 bits per heavy atom. The lowest BCUT2D eigenvalue weighted by Crippen LogP contribution is -2.41. The zero-order valence-corrected chi connectivity index (χ0v) is 11.5. The Balaban J connectivity index is 2.58. The standard InChI is InChI=1S/C15H27N3/c1-4-7-15-14-18(10-6-3)13-12-17(9-5-2)11-8-16-15/h4-6,15-16H,1-3,7-14H2. The molecule has 0 saturated carbocycles. The number of hydrogen-bond acceptors (Lipinski definition) is 3. The molecule has 1 rings (SSSR count). The van der Waals surface area contributed by atoms with Gasteiger partial charge in [0, 0.05) is 51.9 Å². The van der Waals surface area contributed by atoms with Gasteiger partial charge in [0.2, 0.25) is 0 Å². The van der Waals surface area contributed by atoms with E-state index in [4.69, 9.17) is 0 Å². The van der Waals surface area contributed by atoms with Crippen LogP contribution in [0, 0.1) is 0 Å². The molecule has 1 N–H and O–H groups in total. The van der Waals surface area contributed by atoms with Gasteiger partial charge in [-0.05, 0) is 6.42 Å². The minimum absolute atomic E-state index is 0.506. The van der Waals surface area contributed by atoms with Crippen LogP contribution in [0.15, 0.2) is 38.0 Å². The zero-order chi connectivity index (χ0) is 13.2. The van der Waals surface area contributed by atoms with Crippen LogP contribution in [0.3, 0.4) is 0 Å². The number of rotatable bonds is 6. The lowest BCUT2D eigenvalue weighted by atomic mass is 10.2. The highest BCUT2D eigenvalue weighted by Gasteiger charge is 2.16. The molecule has 0 amide bonds. The first-order valence-electron chi connectivity index (χ1n) is 6.81. The van der Waals surface area contributed by atoms with E-state index in [-0.39, 0.29) is 0 Å². The second-order valence-corrected chi connectivity index (χ2v) is 4.81. The van der Waals surface area contributed by atoms with Gasteiger partial charge in [-0.3, -0.25) is 9.80 Å². The fourth-order valence-corrected chi connectivity index (χ4v) is 2.36. The van der Waals surface area contributed by atoms with Crippen molar-refractivity contribution in [2.24, 2.45) is 0 Å². The summed E-state index contributed by atoms with van der Waals surface area (Å²) < 4.78 is 0. The highest BCUT2D eigenvalue weighted by Crippen LogP contribution is 2.02. The molecule has 1 unspecified atom stereocenters. The SMILES string of the molecule is C=CCC1CN(CC=C)CCN(CC=C)CCN1. The summed E-state index contributed by atoms with van der Waals surface area (Å²) in [5.41, 5.74) is 0. The summed E-state index contributed by atoms with van der Waals surface area (Å²) in [6.07, 6.45) is 7.00. The molecule has 0 aromatic carbocycles. The molecular formula is C15H27N3. The van der Waals surface area contributed by atoms with Crippen molar-refractivity contribution in [2.45, 2.75) is 12.5 Å². The topological polar surface area (TPSA) is 18.5 Å². The maximum absolute atomic E-state index is 3.85. The van der Waals surface area contributed by atoms with Crippen molar-refractivity contribution < 1.29 is 0 Å². The quantitative estimate of drug-likeness (QED) is 0.720. The average Bonchev–Trinajstić information content (AvgIpc) is 2.43. The molecule has 1 aliphatic heterocycles. The van der Waals surface area contributed by atoms with Crippen LogP contribution in [0.2, 0.25) is 0 Å². The van der Waals surface area contributed by atoms with Gasteiger partial charge in [0.1, 0.15) is 0 Å². The van der Waals surface area contributed by atoms with Crippen LogP contribution in [0.25, 0.3) is 0 Å². The fraction of sp³-hybridized carbons (Fsp3) is 0.600. The van der Waals surface area contributed by atoms with E-state index < -0.39 is 0 Å². The molecular weight excluding hydrogens is 222 g/mol. The van der Waals surface area contributed by atoms with E-state index in [9.17, 15) is 0 Å². The molecule has 0 spiro atoms. The summed E-state index contributed by atoms with van der Waals surface area (Å²) in [5.74, 6) is 0. The highest BCUT2D eigenvalue weighted by molar-refractivity contribution is 4.86. The van der Waals surface area contributed by atoms with E-state index >= 15 is 0 Å². The zero-order valence-electron chi connectivity index (χ0n) is 11.5. The first kappa shape index (κ1) is 15.2. The fourth-order valence-electron chi connectivity index (χ4n) is 2.36. The van der Waals surface area contributed by atoms with Crippen molar-refractivity contribution in [1.29, 1.82) is 0 Å². The molecule has 0 aliphatic carbocycles. The molecule has 18 heavy (non-hydrogen) atoms. The number of hydrogen-bond donors (Lipinski definition) is 1. The molecule has 0 bridgehead atoms. The van der Waals surface area contributed by atoms with Gasteiger partial charge in [0.25, 0.3) is 0 Å². The first-order chi connectivity index (χ1) is 8.80. The Bertz CT molecular complexity index is 262. The Morgan fingerprint density at radius 2 is 1.61 bits per heavy atom. The Kier molecular flexibility index (Phi) is 7.65. The second kappa shape index (κ2) is 9.09. The molecule has 102 valence electrons. The van der Waals surface area contributed by atoms with Crippen molar-refractivity contribution in [2.75, 3.05) is 45.8 Å². The van der Waals surface area contributed by atoms with Crippen LogP contribution in [0.5, 0.6) is 0 Å². The minimum atomic E-state index is 0.506. The first-order valence-corrected chi connectivity index (χ1v) is 6.81. The predicted octanol–water partition coefficient (Wildman–Crippen LogP) is 1.51. The summed E-state index contributed by atoms with van der Waals surface area (Å²) >= 11 is 0. The third kappa shape index (κ3) is 5.63. The maximum Gasteiger partial charge on any atom is 0.0230 e. The van der Waals surface area contributed by atoms with E-state index in [1.807, 2.05) is 18.2 Å². The lowest BCUT2D eigenvalue weighted by Gasteiger charge is -2.26.